The van der Waals surface area contributed by atoms with Crippen LogP contribution in [0.25, 0.3) is 0 Å². The normalized spacial score (nSPS) is 19.1. The lowest BCUT2D eigenvalue weighted by Gasteiger charge is -2.26. The summed E-state index contributed by atoms with van der Waals surface area (Å²) >= 11 is 0. The Morgan fingerprint density at radius 1 is 1.42 bits per heavy atom. The smallest absolute Gasteiger partial charge is 0.0949 e. The van der Waals surface area contributed by atoms with E-state index in [1.165, 1.54) is 18.5 Å². The van der Waals surface area contributed by atoms with Crippen molar-refractivity contribution in [3.8, 4) is 0 Å². The van der Waals surface area contributed by atoms with Crippen molar-refractivity contribution in [1.82, 2.24) is 14.5 Å². The standard InChI is InChI=1S/C15H28N4/c1-11(2)7-14(16)15-8-17-10-19(15)9-12(3)18(4)13-5-6-13/h8,10-14H,5-7,9,16H2,1-4H3. The van der Waals surface area contributed by atoms with Crippen LogP contribution in [0.1, 0.15) is 51.8 Å². The van der Waals surface area contributed by atoms with Gasteiger partial charge in [0.1, 0.15) is 0 Å². The zero-order chi connectivity index (χ0) is 14.0. The number of hydrogen-bond acceptors (Lipinski definition) is 3. The molecule has 1 aliphatic carbocycles. The Bertz CT molecular complexity index is 395. The molecule has 2 rings (SSSR count). The minimum absolute atomic E-state index is 0.0981. The molecule has 2 N–H and O–H groups in total. The minimum atomic E-state index is 0.0981. The molecule has 1 aliphatic rings. The monoisotopic (exact) mass is 264 g/mol. The summed E-state index contributed by atoms with van der Waals surface area (Å²) in [6.45, 7) is 7.69. The number of nitrogens with two attached hydrogens (primary N) is 1. The lowest BCUT2D eigenvalue weighted by atomic mass is 10.0. The largest absolute Gasteiger partial charge is 0.332 e. The first kappa shape index (κ1) is 14.5. The second-order valence-corrected chi connectivity index (χ2v) is 6.45. The quantitative estimate of drug-likeness (QED) is 0.822. The summed E-state index contributed by atoms with van der Waals surface area (Å²) in [6.07, 6.45) is 7.57. The zero-order valence-corrected chi connectivity index (χ0v) is 12.7. The van der Waals surface area contributed by atoms with Crippen molar-refractivity contribution in [3.05, 3.63) is 18.2 Å². The van der Waals surface area contributed by atoms with Gasteiger partial charge in [-0.2, -0.15) is 0 Å². The van der Waals surface area contributed by atoms with Crippen LogP contribution in [0.3, 0.4) is 0 Å². The van der Waals surface area contributed by atoms with Gasteiger partial charge in [-0.3, -0.25) is 4.90 Å². The maximum atomic E-state index is 6.29. The van der Waals surface area contributed by atoms with Gasteiger partial charge < -0.3 is 10.3 Å². The van der Waals surface area contributed by atoms with Crippen molar-refractivity contribution in [3.63, 3.8) is 0 Å². The molecule has 0 radical (unpaired) electrons. The lowest BCUT2D eigenvalue weighted by molar-refractivity contribution is 0.223. The minimum Gasteiger partial charge on any atom is -0.332 e. The number of nitrogens with zero attached hydrogens (tertiary/aromatic N) is 3. The summed E-state index contributed by atoms with van der Waals surface area (Å²) in [5, 5.41) is 0. The fourth-order valence-electron chi connectivity index (χ4n) is 2.68. The topological polar surface area (TPSA) is 47.1 Å². The average molecular weight is 264 g/mol. The van der Waals surface area contributed by atoms with Crippen LogP contribution in [0.2, 0.25) is 0 Å². The third-order valence-corrected chi connectivity index (χ3v) is 4.13. The highest BCUT2D eigenvalue weighted by Gasteiger charge is 2.29. The van der Waals surface area contributed by atoms with Crippen LogP contribution in [0.5, 0.6) is 0 Å². The molecule has 108 valence electrons. The van der Waals surface area contributed by atoms with Gasteiger partial charge >= 0.3 is 0 Å². The van der Waals surface area contributed by atoms with Crippen LogP contribution in [-0.4, -0.2) is 33.6 Å². The molecule has 4 nitrogen and oxygen atoms in total. The van der Waals surface area contributed by atoms with E-state index in [0.29, 0.717) is 12.0 Å². The van der Waals surface area contributed by atoms with E-state index in [0.717, 1.165) is 19.0 Å². The highest BCUT2D eigenvalue weighted by Crippen LogP contribution is 2.27. The highest BCUT2D eigenvalue weighted by molar-refractivity contribution is 5.05. The summed E-state index contributed by atoms with van der Waals surface area (Å²) in [7, 11) is 2.23. The van der Waals surface area contributed by atoms with Gasteiger partial charge in [0.2, 0.25) is 0 Å². The van der Waals surface area contributed by atoms with E-state index in [4.69, 9.17) is 5.73 Å². The van der Waals surface area contributed by atoms with Crippen molar-refractivity contribution in [2.45, 2.75) is 64.7 Å². The van der Waals surface area contributed by atoms with Gasteiger partial charge in [-0.15, -0.1) is 0 Å². The van der Waals surface area contributed by atoms with Crippen LogP contribution in [0.4, 0.5) is 0 Å². The number of likely N-dealkylation sites (N-methyl/N-ethyl adjacent to an activating group) is 1. The van der Waals surface area contributed by atoms with Gasteiger partial charge in [-0.1, -0.05) is 13.8 Å². The van der Waals surface area contributed by atoms with Gasteiger partial charge in [-0.25, -0.2) is 4.98 Å². The molecule has 2 unspecified atom stereocenters. The molecule has 1 aromatic rings. The van der Waals surface area contributed by atoms with E-state index in [-0.39, 0.29) is 6.04 Å². The third kappa shape index (κ3) is 3.80. The Morgan fingerprint density at radius 2 is 2.11 bits per heavy atom. The van der Waals surface area contributed by atoms with Gasteiger partial charge in [0.15, 0.2) is 0 Å². The molecule has 0 bridgehead atoms. The average Bonchev–Trinajstić information content (AvgIpc) is 3.07. The van der Waals surface area contributed by atoms with Crippen LogP contribution in [-0.2, 0) is 6.54 Å². The number of rotatable bonds is 7. The summed E-state index contributed by atoms with van der Waals surface area (Å²) in [5.74, 6) is 0.616. The summed E-state index contributed by atoms with van der Waals surface area (Å²) in [4.78, 5) is 6.77. The number of aromatic nitrogens is 2. The first-order valence-corrected chi connectivity index (χ1v) is 7.46. The molecule has 1 aromatic heterocycles. The predicted octanol–water partition coefficient (Wildman–Crippen LogP) is 2.41. The Labute approximate surface area is 117 Å². The zero-order valence-electron chi connectivity index (χ0n) is 12.7. The Balaban J connectivity index is 1.98. The molecule has 1 heterocycles. The maximum absolute atomic E-state index is 6.29. The number of hydrogen-bond donors (Lipinski definition) is 1. The Kier molecular flexibility index (Phi) is 4.63. The van der Waals surface area contributed by atoms with E-state index in [1.54, 1.807) is 0 Å². The Hall–Kier alpha value is -0.870. The van der Waals surface area contributed by atoms with E-state index in [1.807, 2.05) is 12.5 Å². The van der Waals surface area contributed by atoms with Crippen LogP contribution in [0.15, 0.2) is 12.5 Å². The van der Waals surface area contributed by atoms with Gasteiger partial charge in [0, 0.05) is 30.9 Å². The van der Waals surface area contributed by atoms with Crippen molar-refractivity contribution in [2.75, 3.05) is 7.05 Å². The van der Waals surface area contributed by atoms with Gasteiger partial charge in [0.25, 0.3) is 0 Å². The molecule has 1 fully saturated rings. The van der Waals surface area contributed by atoms with Gasteiger partial charge in [0.05, 0.1) is 12.0 Å². The van der Waals surface area contributed by atoms with E-state index in [2.05, 4.69) is 42.3 Å². The van der Waals surface area contributed by atoms with E-state index >= 15 is 0 Å². The summed E-state index contributed by atoms with van der Waals surface area (Å²) in [5.41, 5.74) is 7.46. The fraction of sp³-hybridized carbons (Fsp3) is 0.800. The van der Waals surface area contributed by atoms with Crippen molar-refractivity contribution in [2.24, 2.45) is 11.7 Å². The molecule has 0 aromatic carbocycles. The molecule has 0 spiro atoms. The second kappa shape index (κ2) is 6.06. The SMILES string of the molecule is CC(C)CC(N)c1cncn1CC(C)N(C)C1CC1. The van der Waals surface area contributed by atoms with Gasteiger partial charge in [-0.05, 0) is 39.2 Å². The Morgan fingerprint density at radius 3 is 2.68 bits per heavy atom. The van der Waals surface area contributed by atoms with E-state index < -0.39 is 0 Å². The van der Waals surface area contributed by atoms with Crippen molar-refractivity contribution < 1.29 is 0 Å². The molecule has 4 heteroatoms. The predicted molar refractivity (Wildman–Crippen MR) is 78.9 cm³/mol. The lowest BCUT2D eigenvalue weighted by Crippen LogP contribution is -2.35. The van der Waals surface area contributed by atoms with Crippen molar-refractivity contribution in [1.29, 1.82) is 0 Å². The second-order valence-electron chi connectivity index (χ2n) is 6.45. The first-order valence-electron chi connectivity index (χ1n) is 7.46. The molecule has 2 atom stereocenters. The molecule has 19 heavy (non-hydrogen) atoms. The van der Waals surface area contributed by atoms with Crippen LogP contribution in [0, 0.1) is 5.92 Å². The first-order chi connectivity index (χ1) is 8.99. The summed E-state index contributed by atoms with van der Waals surface area (Å²) < 4.78 is 2.23. The molecular formula is C15H28N4. The molecule has 0 aliphatic heterocycles. The maximum Gasteiger partial charge on any atom is 0.0949 e. The number of imidazole rings is 1. The molecule has 0 saturated heterocycles. The molecular weight excluding hydrogens is 236 g/mol. The molecule has 0 amide bonds. The summed E-state index contributed by atoms with van der Waals surface area (Å²) in [6, 6.07) is 1.43. The third-order valence-electron chi connectivity index (χ3n) is 4.13. The molecule has 1 saturated carbocycles. The van der Waals surface area contributed by atoms with Crippen molar-refractivity contribution >= 4 is 0 Å². The highest BCUT2D eigenvalue weighted by atomic mass is 15.2. The van der Waals surface area contributed by atoms with Crippen LogP contribution >= 0.6 is 0 Å². The van der Waals surface area contributed by atoms with E-state index in [9.17, 15) is 0 Å². The fourth-order valence-corrected chi connectivity index (χ4v) is 2.68. The van der Waals surface area contributed by atoms with Crippen LogP contribution < -0.4 is 5.73 Å².